The number of aliphatic hydroxyl groups excluding tert-OH is 1. The van der Waals surface area contributed by atoms with Gasteiger partial charge >= 0.3 is 0 Å². The Hall–Kier alpha value is -1.60. The van der Waals surface area contributed by atoms with Crippen LogP contribution >= 0.6 is 0 Å². The summed E-state index contributed by atoms with van der Waals surface area (Å²) in [5.41, 5.74) is 0.370. The Bertz CT molecular complexity index is 319. The number of nitriles is 1. The number of anilines is 1. The summed E-state index contributed by atoms with van der Waals surface area (Å²) in [7, 11) is 0. The molecule has 1 aromatic rings. The van der Waals surface area contributed by atoms with Crippen molar-refractivity contribution >= 4 is 5.82 Å². The second kappa shape index (κ2) is 4.43. The average Bonchev–Trinajstić information content (AvgIpc) is 2.18. The Morgan fingerprint density at radius 2 is 2.46 bits per heavy atom. The number of aliphatic hydroxyl groups is 1. The summed E-state index contributed by atoms with van der Waals surface area (Å²) in [4.78, 5) is 4.00. The lowest BCUT2D eigenvalue weighted by Crippen LogP contribution is -2.20. The van der Waals surface area contributed by atoms with Crippen LogP contribution in [0.25, 0.3) is 0 Å². The molecule has 1 heterocycles. The van der Waals surface area contributed by atoms with Gasteiger partial charge in [-0.1, -0.05) is 6.07 Å². The predicted molar refractivity (Wildman–Crippen MR) is 49.1 cm³/mol. The molecule has 0 amide bonds. The molecule has 0 radical (unpaired) electrons. The second-order valence-electron chi connectivity index (χ2n) is 2.75. The fraction of sp³-hybridized carbons (Fsp3) is 0.333. The summed E-state index contributed by atoms with van der Waals surface area (Å²) in [5.74, 6) is 0.612. The maximum atomic E-state index is 8.77. The third-order valence-corrected chi connectivity index (χ3v) is 1.53. The van der Waals surface area contributed by atoms with E-state index in [1.165, 1.54) is 0 Å². The van der Waals surface area contributed by atoms with Gasteiger partial charge in [-0.15, -0.1) is 0 Å². The molecule has 0 aliphatic heterocycles. The van der Waals surface area contributed by atoms with Crippen LogP contribution in [0.1, 0.15) is 12.6 Å². The van der Waals surface area contributed by atoms with Crippen LogP contribution in [0.5, 0.6) is 0 Å². The largest absolute Gasteiger partial charge is 0.394 e. The maximum absolute atomic E-state index is 8.77. The van der Waals surface area contributed by atoms with Crippen molar-refractivity contribution in [3.8, 4) is 6.07 Å². The van der Waals surface area contributed by atoms with Gasteiger partial charge in [0.2, 0.25) is 0 Å². The van der Waals surface area contributed by atoms with Crippen molar-refractivity contribution in [1.29, 1.82) is 5.26 Å². The zero-order valence-corrected chi connectivity index (χ0v) is 7.36. The highest BCUT2D eigenvalue weighted by atomic mass is 16.3. The number of hydrogen-bond acceptors (Lipinski definition) is 4. The first kappa shape index (κ1) is 9.49. The van der Waals surface area contributed by atoms with Gasteiger partial charge in [0.15, 0.2) is 0 Å². The molecule has 13 heavy (non-hydrogen) atoms. The van der Waals surface area contributed by atoms with Crippen LogP contribution in [0.2, 0.25) is 0 Å². The van der Waals surface area contributed by atoms with Crippen LogP contribution in [-0.2, 0) is 0 Å². The van der Waals surface area contributed by atoms with Gasteiger partial charge in [-0.05, 0) is 19.1 Å². The Kier molecular flexibility index (Phi) is 3.23. The molecule has 4 nitrogen and oxygen atoms in total. The van der Waals surface area contributed by atoms with E-state index < -0.39 is 0 Å². The summed E-state index contributed by atoms with van der Waals surface area (Å²) in [6, 6.07) is 7.03. The summed E-state index contributed by atoms with van der Waals surface area (Å²) in [5, 5.41) is 20.3. The van der Waals surface area contributed by atoms with Crippen molar-refractivity contribution in [2.45, 2.75) is 13.0 Å². The monoisotopic (exact) mass is 177 g/mol. The minimum atomic E-state index is -0.0542. The van der Waals surface area contributed by atoms with Gasteiger partial charge in [0.05, 0.1) is 6.61 Å². The number of rotatable bonds is 3. The number of aromatic nitrogens is 1. The van der Waals surface area contributed by atoms with E-state index >= 15 is 0 Å². The Morgan fingerprint density at radius 1 is 1.69 bits per heavy atom. The van der Waals surface area contributed by atoms with Crippen LogP contribution in [0, 0.1) is 11.3 Å². The van der Waals surface area contributed by atoms with E-state index in [4.69, 9.17) is 10.4 Å². The summed E-state index contributed by atoms with van der Waals surface area (Å²) >= 11 is 0. The molecule has 1 atom stereocenters. The summed E-state index contributed by atoms with van der Waals surface area (Å²) < 4.78 is 0. The van der Waals surface area contributed by atoms with Crippen LogP contribution < -0.4 is 5.32 Å². The van der Waals surface area contributed by atoms with E-state index in [0.29, 0.717) is 11.5 Å². The molecule has 4 heteroatoms. The average molecular weight is 177 g/mol. The highest BCUT2D eigenvalue weighted by Gasteiger charge is 2.00. The van der Waals surface area contributed by atoms with Crippen molar-refractivity contribution in [1.82, 2.24) is 4.98 Å². The van der Waals surface area contributed by atoms with E-state index in [1.807, 2.05) is 13.0 Å². The molecule has 1 aromatic heterocycles. The van der Waals surface area contributed by atoms with Gasteiger partial charge in [-0.2, -0.15) is 5.26 Å². The molecule has 0 bridgehead atoms. The highest BCUT2D eigenvalue weighted by molar-refractivity contribution is 5.38. The smallest absolute Gasteiger partial charge is 0.142 e. The molecule has 2 N–H and O–H groups in total. The maximum Gasteiger partial charge on any atom is 0.142 e. The van der Waals surface area contributed by atoms with E-state index in [2.05, 4.69) is 10.3 Å². The second-order valence-corrected chi connectivity index (χ2v) is 2.75. The number of hydrogen-bond donors (Lipinski definition) is 2. The first-order chi connectivity index (χ1) is 6.26. The number of nitrogens with zero attached hydrogens (tertiary/aromatic N) is 2. The molecular weight excluding hydrogens is 166 g/mol. The molecule has 0 fully saturated rings. The molecule has 0 spiro atoms. The molecule has 0 unspecified atom stereocenters. The normalized spacial score (nSPS) is 11.8. The van der Waals surface area contributed by atoms with E-state index in [0.717, 1.165) is 0 Å². The molecule has 0 aliphatic carbocycles. The minimum Gasteiger partial charge on any atom is -0.394 e. The fourth-order valence-corrected chi connectivity index (χ4v) is 0.875. The third-order valence-electron chi connectivity index (χ3n) is 1.53. The van der Waals surface area contributed by atoms with Gasteiger partial charge in [0.1, 0.15) is 17.6 Å². The quantitative estimate of drug-likeness (QED) is 0.714. The molecular formula is C9H11N3O. The van der Waals surface area contributed by atoms with Crippen LogP contribution in [0.4, 0.5) is 5.82 Å². The lowest BCUT2D eigenvalue weighted by molar-refractivity contribution is 0.281. The lowest BCUT2D eigenvalue weighted by Gasteiger charge is -2.10. The topological polar surface area (TPSA) is 68.9 Å². The molecule has 68 valence electrons. The van der Waals surface area contributed by atoms with Gasteiger partial charge in [0, 0.05) is 6.04 Å². The summed E-state index contributed by atoms with van der Waals surface area (Å²) in [6.07, 6.45) is 0. The molecule has 0 aromatic carbocycles. The molecule has 0 saturated heterocycles. The standard InChI is InChI=1S/C9H11N3O/c1-7(6-13)11-9-4-2-3-8(5-10)12-9/h2-4,7,13H,6H2,1H3,(H,11,12)/t7-/m0/s1. The lowest BCUT2D eigenvalue weighted by atomic mass is 10.3. The Morgan fingerprint density at radius 3 is 3.08 bits per heavy atom. The van der Waals surface area contributed by atoms with Crippen molar-refractivity contribution in [2.75, 3.05) is 11.9 Å². The minimum absolute atomic E-state index is 0.0401. The number of pyridine rings is 1. The SMILES string of the molecule is C[C@@H](CO)Nc1cccc(C#N)n1. The fourth-order valence-electron chi connectivity index (χ4n) is 0.875. The first-order valence-corrected chi connectivity index (χ1v) is 4.01. The van der Waals surface area contributed by atoms with Crippen molar-refractivity contribution in [3.63, 3.8) is 0 Å². The predicted octanol–water partition coefficient (Wildman–Crippen LogP) is 0.746. The van der Waals surface area contributed by atoms with Crippen LogP contribution in [-0.4, -0.2) is 22.7 Å². The highest BCUT2D eigenvalue weighted by Crippen LogP contribution is 2.05. The zero-order chi connectivity index (χ0) is 9.68. The zero-order valence-electron chi connectivity index (χ0n) is 7.36. The summed E-state index contributed by atoms with van der Waals surface area (Å²) in [6.45, 7) is 1.87. The van der Waals surface area contributed by atoms with E-state index in [9.17, 15) is 0 Å². The van der Waals surface area contributed by atoms with Crippen molar-refractivity contribution in [3.05, 3.63) is 23.9 Å². The van der Waals surface area contributed by atoms with Gasteiger partial charge < -0.3 is 10.4 Å². The number of nitrogens with one attached hydrogen (secondary N) is 1. The molecule has 1 rings (SSSR count). The van der Waals surface area contributed by atoms with E-state index in [1.54, 1.807) is 18.2 Å². The van der Waals surface area contributed by atoms with Crippen molar-refractivity contribution < 1.29 is 5.11 Å². The molecule has 0 saturated carbocycles. The third kappa shape index (κ3) is 2.73. The van der Waals surface area contributed by atoms with Crippen molar-refractivity contribution in [2.24, 2.45) is 0 Å². The van der Waals surface area contributed by atoms with Gasteiger partial charge in [-0.25, -0.2) is 4.98 Å². The van der Waals surface area contributed by atoms with Gasteiger partial charge in [-0.3, -0.25) is 0 Å². The van der Waals surface area contributed by atoms with Gasteiger partial charge in [0.25, 0.3) is 0 Å². The van der Waals surface area contributed by atoms with Crippen LogP contribution in [0.15, 0.2) is 18.2 Å². The Labute approximate surface area is 76.8 Å². The molecule has 0 aliphatic rings. The Balaban J connectivity index is 2.73. The van der Waals surface area contributed by atoms with E-state index in [-0.39, 0.29) is 12.6 Å². The van der Waals surface area contributed by atoms with Crippen LogP contribution in [0.3, 0.4) is 0 Å². The first-order valence-electron chi connectivity index (χ1n) is 4.01.